The van der Waals surface area contributed by atoms with Crippen molar-refractivity contribution in [3.63, 3.8) is 0 Å². The summed E-state index contributed by atoms with van der Waals surface area (Å²) in [6.07, 6.45) is 0.184. The molecule has 0 aliphatic heterocycles. The number of carbonyl (C=O) groups is 2. The largest absolute Gasteiger partial charge is 0.481 e. The van der Waals surface area contributed by atoms with Gasteiger partial charge in [0.15, 0.2) is 18.2 Å². The first-order chi connectivity index (χ1) is 13.5. The molecule has 2 aromatic carbocycles. The Balaban J connectivity index is 1.45. The first-order valence-electron chi connectivity index (χ1n) is 8.46. The molecule has 8 nitrogen and oxygen atoms in total. The number of hydrogen-bond donors (Lipinski definition) is 3. The Morgan fingerprint density at radius 2 is 1.75 bits per heavy atom. The van der Waals surface area contributed by atoms with Crippen molar-refractivity contribution in [2.45, 2.75) is 12.8 Å². The van der Waals surface area contributed by atoms with Gasteiger partial charge in [0.1, 0.15) is 5.82 Å². The summed E-state index contributed by atoms with van der Waals surface area (Å²) in [6.45, 7) is -0.458. The highest BCUT2D eigenvalue weighted by atomic mass is 19.1. The van der Waals surface area contributed by atoms with E-state index in [2.05, 4.69) is 20.8 Å². The number of hydrogen-bond acceptors (Lipinski definition) is 5. The summed E-state index contributed by atoms with van der Waals surface area (Å²) in [5.74, 6) is -1.40. The normalized spacial score (nSPS) is 10.5. The number of nitrogens with one attached hydrogen (secondary N) is 3. The number of para-hydroxylation sites is 2. The van der Waals surface area contributed by atoms with Crippen molar-refractivity contribution in [2.24, 2.45) is 0 Å². The minimum Gasteiger partial charge on any atom is -0.481 e. The standard InChI is InChI=1S/C19H17FN4O4/c20-13-6-2-4-8-15(13)28-11-18(26)24-23-17(25)10-9-16-21-14-7-3-1-5-12(14)19(27)22-16/h1-8H,9-11H2,(H,23,25)(H,24,26)(H,21,22,27). The molecule has 0 bridgehead atoms. The van der Waals surface area contributed by atoms with Crippen LogP contribution in [0.15, 0.2) is 53.3 Å². The average molecular weight is 384 g/mol. The van der Waals surface area contributed by atoms with E-state index in [0.717, 1.165) is 0 Å². The summed E-state index contributed by atoms with van der Waals surface area (Å²) in [5, 5.41) is 0.470. The van der Waals surface area contributed by atoms with Gasteiger partial charge in [0.25, 0.3) is 11.5 Å². The second kappa shape index (κ2) is 8.76. The fraction of sp³-hybridized carbons (Fsp3) is 0.158. The third-order valence-corrected chi connectivity index (χ3v) is 3.79. The molecule has 0 saturated heterocycles. The van der Waals surface area contributed by atoms with E-state index in [1.54, 1.807) is 30.3 Å². The van der Waals surface area contributed by atoms with Gasteiger partial charge in [-0.05, 0) is 24.3 Å². The quantitative estimate of drug-likeness (QED) is 0.553. The number of benzene rings is 2. The maximum Gasteiger partial charge on any atom is 0.276 e. The Hall–Kier alpha value is -3.75. The van der Waals surface area contributed by atoms with Crippen LogP contribution < -0.4 is 21.1 Å². The number of aryl methyl sites for hydroxylation is 1. The molecule has 0 saturated carbocycles. The van der Waals surface area contributed by atoms with E-state index in [9.17, 15) is 18.8 Å². The molecule has 0 atom stereocenters. The Bertz CT molecular complexity index is 1070. The molecule has 1 heterocycles. The van der Waals surface area contributed by atoms with E-state index in [1.807, 2.05) is 0 Å². The molecule has 3 aromatic rings. The SMILES string of the molecule is O=C(CCc1nc2ccccc2c(=O)[nH]1)NNC(=O)COc1ccccc1F. The van der Waals surface area contributed by atoms with Crippen LogP contribution in [-0.4, -0.2) is 28.4 Å². The number of H-pyrrole nitrogens is 1. The number of halogens is 1. The molecule has 2 amide bonds. The number of ether oxygens (including phenoxy) is 1. The number of hydrazine groups is 1. The second-order valence-electron chi connectivity index (χ2n) is 5.85. The first-order valence-corrected chi connectivity index (χ1v) is 8.46. The predicted octanol–water partition coefficient (Wildman–Crippen LogP) is 1.22. The van der Waals surface area contributed by atoms with E-state index < -0.39 is 24.2 Å². The lowest BCUT2D eigenvalue weighted by atomic mass is 10.2. The Morgan fingerprint density at radius 1 is 1.04 bits per heavy atom. The number of amides is 2. The number of aromatic amines is 1. The van der Waals surface area contributed by atoms with Gasteiger partial charge < -0.3 is 9.72 Å². The maximum atomic E-state index is 13.4. The van der Waals surface area contributed by atoms with Gasteiger partial charge in [0.2, 0.25) is 5.91 Å². The predicted molar refractivity (Wildman–Crippen MR) is 98.9 cm³/mol. The first kappa shape index (κ1) is 19.0. The zero-order valence-electron chi connectivity index (χ0n) is 14.7. The zero-order valence-corrected chi connectivity index (χ0v) is 14.7. The van der Waals surface area contributed by atoms with Gasteiger partial charge in [-0.3, -0.25) is 25.2 Å². The lowest BCUT2D eigenvalue weighted by Gasteiger charge is -2.09. The number of nitrogens with zero attached hydrogens (tertiary/aromatic N) is 1. The highest BCUT2D eigenvalue weighted by Crippen LogP contribution is 2.14. The van der Waals surface area contributed by atoms with E-state index in [4.69, 9.17) is 4.74 Å². The lowest BCUT2D eigenvalue weighted by Crippen LogP contribution is -2.44. The molecule has 0 unspecified atom stereocenters. The van der Waals surface area contributed by atoms with Gasteiger partial charge in [0, 0.05) is 12.8 Å². The highest BCUT2D eigenvalue weighted by molar-refractivity contribution is 5.83. The van der Waals surface area contributed by atoms with Crippen molar-refractivity contribution in [1.29, 1.82) is 0 Å². The summed E-state index contributed by atoms with van der Waals surface area (Å²) in [7, 11) is 0. The van der Waals surface area contributed by atoms with Crippen molar-refractivity contribution in [3.05, 3.63) is 70.5 Å². The van der Waals surface area contributed by atoms with Gasteiger partial charge in [-0.15, -0.1) is 0 Å². The molecule has 3 N–H and O–H groups in total. The molecule has 28 heavy (non-hydrogen) atoms. The van der Waals surface area contributed by atoms with Crippen LogP contribution in [0.3, 0.4) is 0 Å². The summed E-state index contributed by atoms with van der Waals surface area (Å²) in [6, 6.07) is 12.6. The summed E-state index contributed by atoms with van der Waals surface area (Å²) in [5.41, 5.74) is 4.66. The van der Waals surface area contributed by atoms with Crippen LogP contribution in [0.2, 0.25) is 0 Å². The van der Waals surface area contributed by atoms with Gasteiger partial charge in [-0.1, -0.05) is 24.3 Å². The minimum atomic E-state index is -0.645. The molecular weight excluding hydrogens is 367 g/mol. The Morgan fingerprint density at radius 3 is 2.57 bits per heavy atom. The van der Waals surface area contributed by atoms with Crippen molar-refractivity contribution < 1.29 is 18.7 Å². The molecule has 1 aromatic heterocycles. The molecule has 3 rings (SSSR count). The Kier molecular flexibility index (Phi) is 5.95. The summed E-state index contributed by atoms with van der Waals surface area (Å²) >= 11 is 0. The molecule has 9 heteroatoms. The third kappa shape index (κ3) is 4.91. The number of carbonyl (C=O) groups excluding carboxylic acids is 2. The highest BCUT2D eigenvalue weighted by Gasteiger charge is 2.09. The third-order valence-electron chi connectivity index (χ3n) is 3.79. The van der Waals surface area contributed by atoms with Crippen molar-refractivity contribution >= 4 is 22.7 Å². The van der Waals surface area contributed by atoms with Crippen molar-refractivity contribution in [2.75, 3.05) is 6.61 Å². The van der Waals surface area contributed by atoms with Gasteiger partial charge in [0.05, 0.1) is 10.9 Å². The smallest absolute Gasteiger partial charge is 0.276 e. The molecule has 0 spiro atoms. The van der Waals surface area contributed by atoms with Crippen molar-refractivity contribution in [3.8, 4) is 5.75 Å². The molecule has 144 valence electrons. The van der Waals surface area contributed by atoms with E-state index in [1.165, 1.54) is 18.2 Å². The second-order valence-corrected chi connectivity index (χ2v) is 5.85. The average Bonchev–Trinajstić information content (AvgIpc) is 2.70. The summed E-state index contributed by atoms with van der Waals surface area (Å²) < 4.78 is 18.4. The van der Waals surface area contributed by atoms with Crippen LogP contribution in [-0.2, 0) is 16.0 Å². The van der Waals surface area contributed by atoms with Gasteiger partial charge in [-0.25, -0.2) is 9.37 Å². The minimum absolute atomic E-state index is 0.00424. The molecule has 0 fully saturated rings. The van der Waals surface area contributed by atoms with Gasteiger partial charge in [-0.2, -0.15) is 0 Å². The van der Waals surface area contributed by atoms with E-state index >= 15 is 0 Å². The molecular formula is C19H17FN4O4. The van der Waals surface area contributed by atoms with Crippen LogP contribution in [0.25, 0.3) is 10.9 Å². The maximum absolute atomic E-state index is 13.4. The molecule has 0 aliphatic rings. The van der Waals surface area contributed by atoms with Gasteiger partial charge >= 0.3 is 0 Å². The fourth-order valence-electron chi connectivity index (χ4n) is 2.43. The van der Waals surface area contributed by atoms with Crippen LogP contribution >= 0.6 is 0 Å². The van der Waals surface area contributed by atoms with Crippen LogP contribution in [0.1, 0.15) is 12.2 Å². The van der Waals surface area contributed by atoms with E-state index in [0.29, 0.717) is 16.7 Å². The topological polar surface area (TPSA) is 113 Å². The number of aromatic nitrogens is 2. The summed E-state index contributed by atoms with van der Waals surface area (Å²) in [4.78, 5) is 42.4. The lowest BCUT2D eigenvalue weighted by molar-refractivity contribution is -0.130. The zero-order chi connectivity index (χ0) is 19.9. The number of fused-ring (bicyclic) bond motifs is 1. The Labute approximate surface area is 158 Å². The van der Waals surface area contributed by atoms with Crippen molar-refractivity contribution in [1.82, 2.24) is 20.8 Å². The monoisotopic (exact) mass is 384 g/mol. The molecule has 0 aliphatic carbocycles. The van der Waals surface area contributed by atoms with Crippen LogP contribution in [0, 0.1) is 5.82 Å². The molecule has 0 radical (unpaired) electrons. The van der Waals surface area contributed by atoms with E-state index in [-0.39, 0.29) is 24.2 Å². The van der Waals surface area contributed by atoms with Crippen LogP contribution in [0.4, 0.5) is 4.39 Å². The fourth-order valence-corrected chi connectivity index (χ4v) is 2.43. The number of rotatable bonds is 6. The van der Waals surface area contributed by atoms with Crippen LogP contribution in [0.5, 0.6) is 5.75 Å².